The van der Waals surface area contributed by atoms with Crippen LogP contribution >= 0.6 is 0 Å². The van der Waals surface area contributed by atoms with E-state index in [9.17, 15) is 19.6 Å². The molecule has 0 saturated carbocycles. The van der Waals surface area contributed by atoms with Crippen molar-refractivity contribution in [2.75, 3.05) is 30.5 Å². The molecule has 2 aromatic carbocycles. The number of hydrogen-bond donors (Lipinski definition) is 1. The van der Waals surface area contributed by atoms with Gasteiger partial charge in [-0.15, -0.1) is 0 Å². The first-order chi connectivity index (χ1) is 17.3. The van der Waals surface area contributed by atoms with E-state index in [1.54, 1.807) is 31.4 Å². The first-order valence-electron chi connectivity index (χ1n) is 11.1. The van der Waals surface area contributed by atoms with Crippen LogP contribution in [0.25, 0.3) is 11.8 Å². The van der Waals surface area contributed by atoms with Gasteiger partial charge in [0.05, 0.1) is 18.5 Å². The molecule has 0 radical (unpaired) electrons. The number of nitriles is 1. The van der Waals surface area contributed by atoms with Crippen molar-refractivity contribution < 1.29 is 23.9 Å². The van der Waals surface area contributed by atoms with Crippen LogP contribution in [0, 0.1) is 25.2 Å². The minimum Gasteiger partial charge on any atom is -0.497 e. The third-order valence-electron chi connectivity index (χ3n) is 5.84. The summed E-state index contributed by atoms with van der Waals surface area (Å²) in [4.78, 5) is 38.6. The van der Waals surface area contributed by atoms with Crippen molar-refractivity contribution in [2.45, 2.75) is 13.8 Å². The molecule has 0 fully saturated rings. The molecule has 3 aromatic rings. The van der Waals surface area contributed by atoms with Gasteiger partial charge >= 0.3 is 5.97 Å². The van der Waals surface area contributed by atoms with Gasteiger partial charge < -0.3 is 19.4 Å². The van der Waals surface area contributed by atoms with Crippen molar-refractivity contribution >= 4 is 35.2 Å². The average Bonchev–Trinajstić information content (AvgIpc) is 3.17. The van der Waals surface area contributed by atoms with Crippen LogP contribution in [-0.2, 0) is 19.1 Å². The van der Waals surface area contributed by atoms with E-state index in [0.717, 1.165) is 22.8 Å². The largest absolute Gasteiger partial charge is 0.497 e. The standard InChI is InChI=1S/C27H24N4O5/c1-17-12-19(18(2)31(17)21-8-10-22(35-3)11-9-21)13-20(14-28)27(34)36-16-26(33)30-15-25(32)29-23-6-4-5-7-24(23)30/h4-13H,15-16H2,1-3H3,(H,29,32)/b20-13+. The number of carbonyl (C=O) groups excluding carboxylic acids is 3. The molecule has 1 aliphatic heterocycles. The Balaban J connectivity index is 1.50. The molecule has 36 heavy (non-hydrogen) atoms. The van der Waals surface area contributed by atoms with E-state index in [4.69, 9.17) is 9.47 Å². The first kappa shape index (κ1) is 24.3. The van der Waals surface area contributed by atoms with E-state index in [1.807, 2.05) is 54.8 Å². The molecule has 2 amide bonds. The van der Waals surface area contributed by atoms with Crippen LogP contribution in [0.3, 0.4) is 0 Å². The maximum atomic E-state index is 12.7. The van der Waals surface area contributed by atoms with E-state index < -0.39 is 18.5 Å². The second-order valence-corrected chi connectivity index (χ2v) is 8.15. The Labute approximate surface area is 208 Å². The summed E-state index contributed by atoms with van der Waals surface area (Å²) < 4.78 is 12.4. The van der Waals surface area contributed by atoms with Gasteiger partial charge in [0, 0.05) is 17.1 Å². The smallest absolute Gasteiger partial charge is 0.349 e. The summed E-state index contributed by atoms with van der Waals surface area (Å²) in [5, 5.41) is 12.3. The lowest BCUT2D eigenvalue weighted by Gasteiger charge is -2.28. The molecule has 1 aromatic heterocycles. The predicted molar refractivity (Wildman–Crippen MR) is 134 cm³/mol. The van der Waals surface area contributed by atoms with Gasteiger partial charge in [0.1, 0.15) is 23.9 Å². The monoisotopic (exact) mass is 484 g/mol. The number of nitrogens with zero attached hydrogens (tertiary/aromatic N) is 3. The van der Waals surface area contributed by atoms with Crippen molar-refractivity contribution in [2.24, 2.45) is 0 Å². The fourth-order valence-corrected chi connectivity index (χ4v) is 4.09. The van der Waals surface area contributed by atoms with Crippen LogP contribution in [0.1, 0.15) is 17.0 Å². The van der Waals surface area contributed by atoms with Crippen LogP contribution in [0.5, 0.6) is 5.75 Å². The van der Waals surface area contributed by atoms with Gasteiger partial charge in [0.25, 0.3) is 5.91 Å². The molecule has 0 spiro atoms. The Bertz CT molecular complexity index is 1410. The Morgan fingerprint density at radius 3 is 2.56 bits per heavy atom. The zero-order chi connectivity index (χ0) is 25.8. The van der Waals surface area contributed by atoms with Gasteiger partial charge in [0.2, 0.25) is 5.91 Å². The number of amides is 2. The van der Waals surface area contributed by atoms with Crippen molar-refractivity contribution in [1.29, 1.82) is 5.26 Å². The number of esters is 1. The van der Waals surface area contributed by atoms with Gasteiger partial charge in [-0.2, -0.15) is 5.26 Å². The summed E-state index contributed by atoms with van der Waals surface area (Å²) in [6, 6.07) is 18.1. The van der Waals surface area contributed by atoms with Crippen LogP contribution in [0.4, 0.5) is 11.4 Å². The average molecular weight is 485 g/mol. The molecule has 182 valence electrons. The fourth-order valence-electron chi connectivity index (χ4n) is 4.09. The predicted octanol–water partition coefficient (Wildman–Crippen LogP) is 3.54. The second-order valence-electron chi connectivity index (χ2n) is 8.15. The minimum absolute atomic E-state index is 0.189. The molecular formula is C27H24N4O5. The summed E-state index contributed by atoms with van der Waals surface area (Å²) in [5.74, 6) is -1.10. The molecule has 9 heteroatoms. The van der Waals surface area contributed by atoms with Crippen molar-refractivity contribution in [3.05, 3.63) is 77.1 Å². The quantitative estimate of drug-likeness (QED) is 0.325. The van der Waals surface area contributed by atoms with Gasteiger partial charge in [0.15, 0.2) is 6.61 Å². The Morgan fingerprint density at radius 2 is 1.86 bits per heavy atom. The number of aryl methyl sites for hydroxylation is 1. The maximum absolute atomic E-state index is 12.7. The van der Waals surface area contributed by atoms with Crippen molar-refractivity contribution in [3.63, 3.8) is 0 Å². The third-order valence-corrected chi connectivity index (χ3v) is 5.84. The summed E-state index contributed by atoms with van der Waals surface area (Å²) in [5.41, 5.74) is 4.08. The lowest BCUT2D eigenvalue weighted by Crippen LogP contribution is -2.44. The highest BCUT2D eigenvalue weighted by atomic mass is 16.5. The molecule has 1 aliphatic rings. The highest BCUT2D eigenvalue weighted by Crippen LogP contribution is 2.29. The van der Waals surface area contributed by atoms with Crippen LogP contribution in [0.2, 0.25) is 0 Å². The fraction of sp³-hybridized carbons (Fsp3) is 0.185. The highest BCUT2D eigenvalue weighted by molar-refractivity contribution is 6.10. The minimum atomic E-state index is -0.921. The molecule has 4 rings (SSSR count). The lowest BCUT2D eigenvalue weighted by atomic mass is 10.1. The van der Waals surface area contributed by atoms with E-state index in [0.29, 0.717) is 16.9 Å². The van der Waals surface area contributed by atoms with E-state index in [1.165, 1.54) is 11.0 Å². The van der Waals surface area contributed by atoms with Crippen molar-refractivity contribution in [3.8, 4) is 17.5 Å². The molecule has 0 unspecified atom stereocenters. The zero-order valence-electron chi connectivity index (χ0n) is 20.1. The van der Waals surface area contributed by atoms with Crippen LogP contribution in [-0.4, -0.2) is 42.6 Å². The number of fused-ring (bicyclic) bond motifs is 1. The van der Waals surface area contributed by atoms with Crippen LogP contribution in [0.15, 0.2) is 60.2 Å². The summed E-state index contributed by atoms with van der Waals surface area (Å²) in [6.45, 7) is 3.01. The van der Waals surface area contributed by atoms with E-state index in [-0.39, 0.29) is 18.0 Å². The maximum Gasteiger partial charge on any atom is 0.349 e. The molecule has 2 heterocycles. The number of ether oxygens (including phenoxy) is 2. The number of anilines is 2. The number of benzene rings is 2. The van der Waals surface area contributed by atoms with Gasteiger partial charge in [-0.05, 0) is 68.0 Å². The number of nitrogens with one attached hydrogen (secondary N) is 1. The van der Waals surface area contributed by atoms with E-state index in [2.05, 4.69) is 5.32 Å². The third kappa shape index (κ3) is 4.83. The van der Waals surface area contributed by atoms with Crippen molar-refractivity contribution in [1.82, 2.24) is 4.57 Å². The topological polar surface area (TPSA) is 114 Å². The molecular weight excluding hydrogens is 460 g/mol. The molecule has 1 N–H and O–H groups in total. The van der Waals surface area contributed by atoms with Gasteiger partial charge in [-0.1, -0.05) is 12.1 Å². The molecule has 0 saturated heterocycles. The first-order valence-corrected chi connectivity index (χ1v) is 11.1. The number of carbonyl (C=O) groups is 3. The van der Waals surface area contributed by atoms with E-state index >= 15 is 0 Å². The molecule has 9 nitrogen and oxygen atoms in total. The molecule has 0 bridgehead atoms. The summed E-state index contributed by atoms with van der Waals surface area (Å²) in [6.07, 6.45) is 1.44. The molecule has 0 atom stereocenters. The summed E-state index contributed by atoms with van der Waals surface area (Å²) >= 11 is 0. The van der Waals surface area contributed by atoms with Gasteiger partial charge in [-0.25, -0.2) is 4.79 Å². The number of hydrogen-bond acceptors (Lipinski definition) is 6. The summed E-state index contributed by atoms with van der Waals surface area (Å²) in [7, 11) is 1.60. The normalized spacial score (nSPS) is 12.9. The number of rotatable bonds is 6. The Hall–Kier alpha value is -4.84. The SMILES string of the molecule is COc1ccc(-n2c(C)cc(/C=C(\C#N)C(=O)OCC(=O)N3CC(=O)Nc4ccccc43)c2C)cc1. The number of methoxy groups -OCH3 is 1. The lowest BCUT2D eigenvalue weighted by molar-refractivity contribution is -0.143. The number of aromatic nitrogens is 1. The number of para-hydroxylation sites is 2. The van der Waals surface area contributed by atoms with Crippen LogP contribution < -0.4 is 15.0 Å². The highest BCUT2D eigenvalue weighted by Gasteiger charge is 2.27. The Kier molecular flexibility index (Phi) is 6.88. The second kappa shape index (κ2) is 10.2. The zero-order valence-corrected chi connectivity index (χ0v) is 20.1. The molecule has 0 aliphatic carbocycles. The van der Waals surface area contributed by atoms with Gasteiger partial charge in [-0.3, -0.25) is 14.5 Å². The Morgan fingerprint density at radius 1 is 1.14 bits per heavy atom.